The minimum Gasteiger partial charge on any atom is -0.364 e. The van der Waals surface area contributed by atoms with E-state index in [0.29, 0.717) is 12.5 Å². The van der Waals surface area contributed by atoms with Crippen molar-refractivity contribution in [1.82, 2.24) is 0 Å². The van der Waals surface area contributed by atoms with E-state index in [1.807, 2.05) is 30.3 Å². The van der Waals surface area contributed by atoms with E-state index in [9.17, 15) is 5.11 Å². The Hall–Kier alpha value is -0.860. The Labute approximate surface area is 90.9 Å². The van der Waals surface area contributed by atoms with Crippen LogP contribution < -0.4 is 0 Å². The lowest BCUT2D eigenvalue weighted by Gasteiger charge is -2.15. The van der Waals surface area contributed by atoms with Gasteiger partial charge in [-0.3, -0.25) is 0 Å². The molecule has 0 amide bonds. The molecule has 1 aromatic carbocycles. The predicted molar refractivity (Wildman–Crippen MR) is 59.3 cm³/mol. The lowest BCUT2D eigenvalue weighted by Crippen LogP contribution is -2.10. The van der Waals surface area contributed by atoms with Crippen LogP contribution in [-0.2, 0) is 4.74 Å². The quantitative estimate of drug-likeness (QED) is 0.767. The van der Waals surface area contributed by atoms with Gasteiger partial charge in [-0.1, -0.05) is 43.2 Å². The predicted octanol–water partition coefficient (Wildman–Crippen LogP) is 2.88. The maximum Gasteiger partial charge on any atom is 0.181 e. The van der Waals surface area contributed by atoms with Crippen molar-refractivity contribution in [2.75, 3.05) is 6.61 Å². The highest BCUT2D eigenvalue weighted by Gasteiger charge is 2.17. The van der Waals surface area contributed by atoms with Gasteiger partial charge in [0.05, 0.1) is 6.61 Å². The van der Waals surface area contributed by atoms with Crippen molar-refractivity contribution in [3.8, 4) is 0 Å². The van der Waals surface area contributed by atoms with E-state index >= 15 is 0 Å². The molecule has 15 heavy (non-hydrogen) atoms. The topological polar surface area (TPSA) is 29.5 Å². The summed E-state index contributed by atoms with van der Waals surface area (Å²) in [5.41, 5.74) is 0.843. The highest BCUT2D eigenvalue weighted by molar-refractivity contribution is 5.15. The van der Waals surface area contributed by atoms with Gasteiger partial charge in [0.2, 0.25) is 0 Å². The van der Waals surface area contributed by atoms with E-state index in [2.05, 4.69) is 0 Å². The number of aliphatic hydroxyl groups excluding tert-OH is 1. The van der Waals surface area contributed by atoms with Gasteiger partial charge in [0.1, 0.15) is 0 Å². The molecule has 1 saturated carbocycles. The Bertz CT molecular complexity index is 278. The van der Waals surface area contributed by atoms with Crippen molar-refractivity contribution in [2.45, 2.75) is 32.0 Å². The molecule has 0 aliphatic heterocycles. The maximum atomic E-state index is 9.76. The van der Waals surface area contributed by atoms with Gasteiger partial charge in [0.25, 0.3) is 0 Å². The third kappa shape index (κ3) is 3.05. The Kier molecular flexibility index (Phi) is 3.75. The molecule has 2 heteroatoms. The third-order valence-corrected chi connectivity index (χ3v) is 3.05. The number of benzene rings is 1. The molecular weight excluding hydrogens is 188 g/mol. The molecular formula is C13H18O2. The second-order valence-corrected chi connectivity index (χ2v) is 4.25. The van der Waals surface area contributed by atoms with E-state index in [1.54, 1.807) is 0 Å². The van der Waals surface area contributed by atoms with Gasteiger partial charge in [-0.2, -0.15) is 0 Å². The minimum atomic E-state index is -0.758. The molecule has 1 fully saturated rings. The molecule has 1 unspecified atom stereocenters. The zero-order chi connectivity index (χ0) is 10.5. The average Bonchev–Trinajstić information content (AvgIpc) is 2.80. The van der Waals surface area contributed by atoms with Crippen LogP contribution >= 0.6 is 0 Å². The number of hydrogen-bond acceptors (Lipinski definition) is 2. The molecule has 2 rings (SSSR count). The van der Waals surface area contributed by atoms with E-state index in [0.717, 1.165) is 5.56 Å². The summed E-state index contributed by atoms with van der Waals surface area (Å²) in [6, 6.07) is 9.54. The van der Waals surface area contributed by atoms with Gasteiger partial charge in [-0.05, 0) is 18.8 Å². The fourth-order valence-electron chi connectivity index (χ4n) is 2.12. The number of ether oxygens (including phenoxy) is 1. The number of rotatable bonds is 4. The highest BCUT2D eigenvalue weighted by Crippen LogP contribution is 2.26. The fraction of sp³-hybridized carbons (Fsp3) is 0.538. The molecule has 82 valence electrons. The van der Waals surface area contributed by atoms with Crippen LogP contribution in [0.4, 0.5) is 0 Å². The molecule has 1 atom stereocenters. The largest absolute Gasteiger partial charge is 0.364 e. The molecule has 1 aliphatic carbocycles. The normalized spacial score (nSPS) is 19.3. The Balaban J connectivity index is 1.79. The molecule has 1 aliphatic rings. The van der Waals surface area contributed by atoms with Crippen LogP contribution in [0.25, 0.3) is 0 Å². The molecule has 0 bridgehead atoms. The first-order valence-electron chi connectivity index (χ1n) is 5.71. The van der Waals surface area contributed by atoms with Gasteiger partial charge >= 0.3 is 0 Å². The number of aliphatic hydroxyl groups is 1. The SMILES string of the molecule is OC(OCC1CCCC1)c1ccccc1. The van der Waals surface area contributed by atoms with Crippen LogP contribution in [0.3, 0.4) is 0 Å². The van der Waals surface area contributed by atoms with Crippen molar-refractivity contribution in [1.29, 1.82) is 0 Å². The van der Waals surface area contributed by atoms with Gasteiger partial charge < -0.3 is 9.84 Å². The second-order valence-electron chi connectivity index (χ2n) is 4.25. The van der Waals surface area contributed by atoms with Crippen LogP contribution in [-0.4, -0.2) is 11.7 Å². The van der Waals surface area contributed by atoms with Gasteiger partial charge in [-0.15, -0.1) is 0 Å². The van der Waals surface area contributed by atoms with Crippen molar-refractivity contribution >= 4 is 0 Å². The maximum absolute atomic E-state index is 9.76. The number of hydrogen-bond donors (Lipinski definition) is 1. The fourth-order valence-corrected chi connectivity index (χ4v) is 2.12. The van der Waals surface area contributed by atoms with Gasteiger partial charge in [0, 0.05) is 5.56 Å². The molecule has 0 spiro atoms. The van der Waals surface area contributed by atoms with E-state index < -0.39 is 6.29 Å². The minimum absolute atomic E-state index is 0.656. The van der Waals surface area contributed by atoms with E-state index in [-0.39, 0.29) is 0 Å². The first-order chi connectivity index (χ1) is 7.36. The van der Waals surface area contributed by atoms with Crippen LogP contribution in [0.2, 0.25) is 0 Å². The zero-order valence-corrected chi connectivity index (χ0v) is 8.93. The molecule has 0 aromatic heterocycles. The summed E-state index contributed by atoms with van der Waals surface area (Å²) in [6.45, 7) is 0.691. The smallest absolute Gasteiger partial charge is 0.181 e. The Morgan fingerprint density at radius 2 is 1.87 bits per heavy atom. The summed E-state index contributed by atoms with van der Waals surface area (Å²) in [5.74, 6) is 0.656. The summed E-state index contributed by atoms with van der Waals surface area (Å²) in [7, 11) is 0. The van der Waals surface area contributed by atoms with Crippen molar-refractivity contribution in [2.24, 2.45) is 5.92 Å². The first-order valence-corrected chi connectivity index (χ1v) is 5.71. The standard InChI is InChI=1S/C13H18O2/c14-13(12-8-2-1-3-9-12)15-10-11-6-4-5-7-11/h1-3,8-9,11,13-14H,4-7,10H2. The molecule has 0 saturated heterocycles. The van der Waals surface area contributed by atoms with E-state index in [4.69, 9.17) is 4.74 Å². The highest BCUT2D eigenvalue weighted by atomic mass is 16.6. The third-order valence-electron chi connectivity index (χ3n) is 3.05. The van der Waals surface area contributed by atoms with Gasteiger partial charge in [0.15, 0.2) is 6.29 Å². The average molecular weight is 206 g/mol. The van der Waals surface area contributed by atoms with Crippen molar-refractivity contribution < 1.29 is 9.84 Å². The van der Waals surface area contributed by atoms with E-state index in [1.165, 1.54) is 25.7 Å². The molecule has 1 aromatic rings. The lowest BCUT2D eigenvalue weighted by atomic mass is 10.1. The van der Waals surface area contributed by atoms with Gasteiger partial charge in [-0.25, -0.2) is 0 Å². The summed E-state index contributed by atoms with van der Waals surface area (Å²) >= 11 is 0. The molecule has 0 heterocycles. The van der Waals surface area contributed by atoms with Crippen LogP contribution in [0, 0.1) is 5.92 Å². The van der Waals surface area contributed by atoms with Crippen LogP contribution in [0.1, 0.15) is 37.5 Å². The second kappa shape index (κ2) is 5.29. The summed E-state index contributed by atoms with van der Waals surface area (Å²) in [5, 5.41) is 9.76. The Morgan fingerprint density at radius 3 is 2.53 bits per heavy atom. The molecule has 0 radical (unpaired) electrons. The summed E-state index contributed by atoms with van der Waals surface area (Å²) in [6.07, 6.45) is 4.38. The lowest BCUT2D eigenvalue weighted by molar-refractivity contribution is -0.113. The zero-order valence-electron chi connectivity index (χ0n) is 8.93. The summed E-state index contributed by atoms with van der Waals surface area (Å²) < 4.78 is 5.47. The molecule has 2 nitrogen and oxygen atoms in total. The van der Waals surface area contributed by atoms with Crippen LogP contribution in [0.5, 0.6) is 0 Å². The van der Waals surface area contributed by atoms with Crippen LogP contribution in [0.15, 0.2) is 30.3 Å². The van der Waals surface area contributed by atoms with Crippen molar-refractivity contribution in [3.63, 3.8) is 0 Å². The van der Waals surface area contributed by atoms with Crippen molar-refractivity contribution in [3.05, 3.63) is 35.9 Å². The first kappa shape index (κ1) is 10.7. The summed E-state index contributed by atoms with van der Waals surface area (Å²) in [4.78, 5) is 0. The molecule has 1 N–H and O–H groups in total. The monoisotopic (exact) mass is 206 g/mol. The Morgan fingerprint density at radius 1 is 1.20 bits per heavy atom.